The van der Waals surface area contributed by atoms with Gasteiger partial charge in [0.15, 0.2) is 0 Å². The minimum Gasteiger partial charge on any atom is -0.465 e. The Hall–Kier alpha value is -2.56. The van der Waals surface area contributed by atoms with Crippen LogP contribution >= 0.6 is 0 Å². The second kappa shape index (κ2) is 6.74. The van der Waals surface area contributed by atoms with E-state index in [0.29, 0.717) is 17.8 Å². The third-order valence-electron chi connectivity index (χ3n) is 3.23. The van der Waals surface area contributed by atoms with Crippen LogP contribution < -0.4 is 10.6 Å². The lowest BCUT2D eigenvalue weighted by Gasteiger charge is -2.25. The number of benzene rings is 1. The molecule has 5 heteroatoms. The summed E-state index contributed by atoms with van der Waals surface area (Å²) in [6.07, 6.45) is 1.76. The molecule has 2 rings (SSSR count). The van der Waals surface area contributed by atoms with Gasteiger partial charge in [-0.3, -0.25) is 4.98 Å². The molecule has 0 fully saturated rings. The number of anilines is 2. The summed E-state index contributed by atoms with van der Waals surface area (Å²) in [4.78, 5) is 18.3. The molecule has 2 N–H and O–H groups in total. The van der Waals surface area contributed by atoms with E-state index in [2.05, 4.69) is 9.88 Å². The van der Waals surface area contributed by atoms with E-state index in [-0.39, 0.29) is 0 Å². The number of ether oxygens (including phenoxy) is 1. The molecule has 1 aromatic carbocycles. The molecule has 0 amide bonds. The van der Waals surface area contributed by atoms with Crippen molar-refractivity contribution in [1.29, 1.82) is 0 Å². The molecule has 1 heterocycles. The number of nitrogens with zero attached hydrogens (tertiary/aromatic N) is 2. The Kier molecular flexibility index (Phi) is 4.77. The van der Waals surface area contributed by atoms with Gasteiger partial charge in [-0.25, -0.2) is 4.79 Å². The summed E-state index contributed by atoms with van der Waals surface area (Å²) in [5.74, 6) is -0.392. The van der Waals surface area contributed by atoms with Crippen molar-refractivity contribution in [2.24, 2.45) is 0 Å². The molecule has 0 radical (unpaired) electrons. The summed E-state index contributed by atoms with van der Waals surface area (Å²) in [5.41, 5.74) is 8.51. The number of hydrogen-bond donors (Lipinski definition) is 1. The Balaban J connectivity index is 2.35. The molecular formula is C16H19N3O2. The number of carbonyl (C=O) groups excluding carboxylic acids is 1. The molecule has 110 valence electrons. The summed E-state index contributed by atoms with van der Waals surface area (Å²) >= 11 is 0. The first-order valence-corrected chi connectivity index (χ1v) is 6.78. The normalized spacial score (nSPS) is 10.2. The monoisotopic (exact) mass is 285 g/mol. The van der Waals surface area contributed by atoms with Crippen LogP contribution in [0.3, 0.4) is 0 Å². The topological polar surface area (TPSA) is 68.5 Å². The number of esters is 1. The molecule has 0 unspecified atom stereocenters. The van der Waals surface area contributed by atoms with Crippen molar-refractivity contribution in [3.8, 4) is 0 Å². The van der Waals surface area contributed by atoms with Crippen LogP contribution in [0.5, 0.6) is 0 Å². The van der Waals surface area contributed by atoms with Crippen molar-refractivity contribution in [3.63, 3.8) is 0 Å². The van der Waals surface area contributed by atoms with E-state index in [4.69, 9.17) is 10.5 Å². The van der Waals surface area contributed by atoms with E-state index < -0.39 is 5.97 Å². The largest absolute Gasteiger partial charge is 0.465 e. The highest BCUT2D eigenvalue weighted by Crippen LogP contribution is 2.25. The Labute approximate surface area is 124 Å². The molecule has 0 aliphatic heterocycles. The van der Waals surface area contributed by atoms with Gasteiger partial charge in [0.25, 0.3) is 0 Å². The van der Waals surface area contributed by atoms with Crippen molar-refractivity contribution in [1.82, 2.24) is 4.98 Å². The lowest BCUT2D eigenvalue weighted by atomic mass is 10.1. The predicted molar refractivity (Wildman–Crippen MR) is 83.2 cm³/mol. The van der Waals surface area contributed by atoms with Crippen molar-refractivity contribution in [2.75, 3.05) is 24.3 Å². The van der Waals surface area contributed by atoms with Gasteiger partial charge >= 0.3 is 5.97 Å². The van der Waals surface area contributed by atoms with Gasteiger partial charge in [0.05, 0.1) is 30.6 Å². The number of aromatic nitrogens is 1. The van der Waals surface area contributed by atoms with Gasteiger partial charge in [-0.15, -0.1) is 0 Å². The summed E-state index contributed by atoms with van der Waals surface area (Å²) in [6.45, 7) is 3.39. The highest BCUT2D eigenvalue weighted by atomic mass is 16.5. The van der Waals surface area contributed by atoms with Gasteiger partial charge in [-0.05, 0) is 37.3 Å². The molecular weight excluding hydrogens is 266 g/mol. The molecule has 0 atom stereocenters. The van der Waals surface area contributed by atoms with Crippen LogP contribution in [0.2, 0.25) is 0 Å². The maximum Gasteiger partial charge on any atom is 0.340 e. The third kappa shape index (κ3) is 3.51. The SMILES string of the molecule is CCN(Cc1ccccn1)c1ccc(N)cc1C(=O)OC. The highest BCUT2D eigenvalue weighted by molar-refractivity contribution is 5.96. The average Bonchev–Trinajstić information content (AvgIpc) is 2.53. The van der Waals surface area contributed by atoms with Crippen molar-refractivity contribution < 1.29 is 9.53 Å². The maximum atomic E-state index is 11.9. The number of hydrogen-bond acceptors (Lipinski definition) is 5. The minimum atomic E-state index is -0.392. The molecule has 0 spiro atoms. The molecule has 0 aliphatic rings. The minimum absolute atomic E-state index is 0.392. The second-order valence-electron chi connectivity index (χ2n) is 4.60. The Morgan fingerprint density at radius 3 is 2.76 bits per heavy atom. The molecule has 5 nitrogen and oxygen atoms in total. The average molecular weight is 285 g/mol. The van der Waals surface area contributed by atoms with Crippen molar-refractivity contribution in [3.05, 3.63) is 53.9 Å². The van der Waals surface area contributed by atoms with Crippen LogP contribution in [-0.4, -0.2) is 24.6 Å². The number of nitrogen functional groups attached to an aromatic ring is 1. The van der Waals surface area contributed by atoms with Gasteiger partial charge in [0, 0.05) is 18.4 Å². The lowest BCUT2D eigenvalue weighted by Crippen LogP contribution is -2.25. The van der Waals surface area contributed by atoms with Gasteiger partial charge in [0.2, 0.25) is 0 Å². The van der Waals surface area contributed by atoms with Gasteiger partial charge in [0.1, 0.15) is 0 Å². The molecule has 21 heavy (non-hydrogen) atoms. The zero-order valence-corrected chi connectivity index (χ0v) is 12.2. The van der Waals surface area contributed by atoms with Crippen LogP contribution in [0.25, 0.3) is 0 Å². The van der Waals surface area contributed by atoms with Gasteiger partial charge in [-0.2, -0.15) is 0 Å². The molecule has 0 saturated carbocycles. The Bertz CT molecular complexity index is 614. The summed E-state index contributed by atoms with van der Waals surface area (Å²) in [7, 11) is 1.37. The lowest BCUT2D eigenvalue weighted by molar-refractivity contribution is 0.0601. The Morgan fingerprint density at radius 2 is 2.14 bits per heavy atom. The van der Waals surface area contributed by atoms with E-state index in [1.807, 2.05) is 31.2 Å². The summed E-state index contributed by atoms with van der Waals surface area (Å²) < 4.78 is 4.84. The van der Waals surface area contributed by atoms with Crippen molar-refractivity contribution >= 4 is 17.3 Å². The zero-order chi connectivity index (χ0) is 15.2. The van der Waals surface area contributed by atoms with E-state index in [0.717, 1.165) is 17.9 Å². The fraction of sp³-hybridized carbons (Fsp3) is 0.250. The quantitative estimate of drug-likeness (QED) is 0.675. The number of rotatable bonds is 5. The number of carbonyl (C=O) groups is 1. The third-order valence-corrected chi connectivity index (χ3v) is 3.23. The summed E-state index contributed by atoms with van der Waals surface area (Å²) in [5, 5.41) is 0. The van der Waals surface area contributed by atoms with Crippen LogP contribution in [0.4, 0.5) is 11.4 Å². The molecule has 0 aliphatic carbocycles. The van der Waals surface area contributed by atoms with Gasteiger partial charge in [-0.1, -0.05) is 6.07 Å². The standard InChI is InChI=1S/C16H19N3O2/c1-3-19(11-13-6-4-5-9-18-13)15-8-7-12(17)10-14(15)16(20)21-2/h4-10H,3,11,17H2,1-2H3. The fourth-order valence-corrected chi connectivity index (χ4v) is 2.16. The predicted octanol–water partition coefficient (Wildman–Crippen LogP) is 2.48. The van der Waals surface area contributed by atoms with Crippen LogP contribution in [0.1, 0.15) is 23.0 Å². The van der Waals surface area contributed by atoms with Gasteiger partial charge < -0.3 is 15.4 Å². The number of pyridine rings is 1. The first-order chi connectivity index (χ1) is 10.2. The van der Waals surface area contributed by atoms with Crippen LogP contribution in [0, 0.1) is 0 Å². The fourth-order valence-electron chi connectivity index (χ4n) is 2.16. The highest BCUT2D eigenvalue weighted by Gasteiger charge is 2.17. The van der Waals surface area contributed by atoms with E-state index in [1.54, 1.807) is 18.3 Å². The number of methoxy groups -OCH3 is 1. The zero-order valence-electron chi connectivity index (χ0n) is 12.2. The second-order valence-corrected chi connectivity index (χ2v) is 4.60. The van der Waals surface area contributed by atoms with Crippen molar-refractivity contribution in [2.45, 2.75) is 13.5 Å². The maximum absolute atomic E-state index is 11.9. The van der Waals surface area contributed by atoms with E-state index >= 15 is 0 Å². The van der Waals surface area contributed by atoms with Crippen LogP contribution in [-0.2, 0) is 11.3 Å². The number of nitrogens with two attached hydrogens (primary N) is 1. The smallest absolute Gasteiger partial charge is 0.340 e. The molecule has 2 aromatic rings. The van der Waals surface area contributed by atoms with Crippen LogP contribution in [0.15, 0.2) is 42.6 Å². The summed E-state index contributed by atoms with van der Waals surface area (Å²) in [6, 6.07) is 11.0. The molecule has 1 aromatic heterocycles. The van der Waals surface area contributed by atoms with E-state index in [9.17, 15) is 4.79 Å². The van der Waals surface area contributed by atoms with E-state index in [1.165, 1.54) is 7.11 Å². The molecule has 0 saturated heterocycles. The first-order valence-electron chi connectivity index (χ1n) is 6.78. The Morgan fingerprint density at radius 1 is 1.33 bits per heavy atom. The first kappa shape index (κ1) is 14.8. The molecule has 0 bridgehead atoms.